The summed E-state index contributed by atoms with van der Waals surface area (Å²) in [6, 6.07) is -1.50. The van der Waals surface area contributed by atoms with Gasteiger partial charge in [-0.3, -0.25) is 4.79 Å². The molecule has 0 spiro atoms. The standard InChI is InChI=1S/C22H34F3NO6/c1-8-12-15(30-19(29)32-21(5,6)7)13-10-9-11-14-16(17(27)31-20(2,3)4)26-18(28)22(23,24)25/h8-9,11-12,15-16H,10,13-14H2,1-7H3,(H,26,28)/b11-9+,12-8-. The summed E-state index contributed by atoms with van der Waals surface area (Å²) in [6.07, 6.45) is 0.543. The quantitative estimate of drug-likeness (QED) is 0.381. The second kappa shape index (κ2) is 12.5. The summed E-state index contributed by atoms with van der Waals surface area (Å²) in [5.41, 5.74) is -1.63. The topological polar surface area (TPSA) is 90.9 Å². The third-order valence-corrected chi connectivity index (χ3v) is 3.45. The molecule has 1 amide bonds. The molecule has 0 aliphatic heterocycles. The monoisotopic (exact) mass is 465 g/mol. The molecule has 0 bridgehead atoms. The van der Waals surface area contributed by atoms with Crippen LogP contribution in [0, 0.1) is 0 Å². The molecule has 0 saturated heterocycles. The van der Waals surface area contributed by atoms with E-state index in [-0.39, 0.29) is 6.42 Å². The molecule has 0 aromatic rings. The van der Waals surface area contributed by atoms with Crippen LogP contribution in [0.15, 0.2) is 24.3 Å². The lowest BCUT2D eigenvalue weighted by atomic mass is 10.1. The second-order valence-corrected chi connectivity index (χ2v) is 8.99. The predicted octanol–water partition coefficient (Wildman–Crippen LogP) is 5.00. The van der Waals surface area contributed by atoms with Crippen molar-refractivity contribution in [3.8, 4) is 0 Å². The van der Waals surface area contributed by atoms with E-state index in [2.05, 4.69) is 0 Å². The molecule has 0 aromatic carbocycles. The Balaban J connectivity index is 4.96. The molecule has 2 atom stereocenters. The number of hydrogen-bond donors (Lipinski definition) is 1. The SMILES string of the molecule is C/C=C\C(CC/C=C/CC(NC(=O)C(F)(F)F)C(=O)OC(C)(C)C)OC(=O)OC(C)(C)C. The second-order valence-electron chi connectivity index (χ2n) is 8.99. The molecular weight excluding hydrogens is 431 g/mol. The molecule has 184 valence electrons. The molecule has 0 aliphatic carbocycles. The first-order valence-electron chi connectivity index (χ1n) is 10.2. The van der Waals surface area contributed by atoms with Crippen LogP contribution in [-0.4, -0.2) is 47.6 Å². The van der Waals surface area contributed by atoms with E-state index in [1.165, 1.54) is 6.08 Å². The highest BCUT2D eigenvalue weighted by Crippen LogP contribution is 2.17. The average Bonchev–Trinajstić information content (AvgIpc) is 2.56. The van der Waals surface area contributed by atoms with Gasteiger partial charge in [-0.25, -0.2) is 9.59 Å². The van der Waals surface area contributed by atoms with Gasteiger partial charge in [-0.15, -0.1) is 0 Å². The summed E-state index contributed by atoms with van der Waals surface area (Å²) in [7, 11) is 0. The van der Waals surface area contributed by atoms with Gasteiger partial charge in [-0.05, 0) is 73.8 Å². The number of hydrogen-bond acceptors (Lipinski definition) is 6. The Labute approximate surface area is 187 Å². The summed E-state index contributed by atoms with van der Waals surface area (Å²) in [5.74, 6) is -3.19. The van der Waals surface area contributed by atoms with Crippen molar-refractivity contribution in [3.05, 3.63) is 24.3 Å². The van der Waals surface area contributed by atoms with Gasteiger partial charge in [0.15, 0.2) is 0 Å². The van der Waals surface area contributed by atoms with Gasteiger partial charge in [0, 0.05) is 0 Å². The van der Waals surface area contributed by atoms with Crippen LogP contribution in [0.2, 0.25) is 0 Å². The number of allylic oxidation sites excluding steroid dienone is 2. The first kappa shape index (κ1) is 29.5. The van der Waals surface area contributed by atoms with Crippen molar-refractivity contribution in [1.82, 2.24) is 5.32 Å². The van der Waals surface area contributed by atoms with Crippen LogP contribution in [0.4, 0.5) is 18.0 Å². The molecule has 0 aromatic heterocycles. The Kier molecular flexibility index (Phi) is 11.5. The number of carbonyl (C=O) groups is 3. The molecule has 2 unspecified atom stereocenters. The lowest BCUT2D eigenvalue weighted by Crippen LogP contribution is -2.48. The smallest absolute Gasteiger partial charge is 0.458 e. The Morgan fingerprint density at radius 1 is 0.938 bits per heavy atom. The number of rotatable bonds is 9. The molecule has 0 rings (SSSR count). The Morgan fingerprint density at radius 2 is 1.50 bits per heavy atom. The fourth-order valence-electron chi connectivity index (χ4n) is 2.24. The van der Waals surface area contributed by atoms with Crippen LogP contribution < -0.4 is 5.32 Å². The predicted molar refractivity (Wildman–Crippen MR) is 113 cm³/mol. The van der Waals surface area contributed by atoms with Gasteiger partial charge in [0.1, 0.15) is 23.3 Å². The third kappa shape index (κ3) is 14.5. The molecule has 0 saturated carbocycles. The van der Waals surface area contributed by atoms with Crippen LogP contribution in [0.25, 0.3) is 0 Å². The van der Waals surface area contributed by atoms with E-state index in [4.69, 9.17) is 14.2 Å². The molecule has 1 N–H and O–H groups in total. The fourth-order valence-corrected chi connectivity index (χ4v) is 2.24. The van der Waals surface area contributed by atoms with Gasteiger partial charge in [0.05, 0.1) is 0 Å². The number of alkyl halides is 3. The molecular formula is C22H34F3NO6. The zero-order valence-electron chi connectivity index (χ0n) is 19.7. The first-order chi connectivity index (χ1) is 14.4. The van der Waals surface area contributed by atoms with Crippen LogP contribution in [0.3, 0.4) is 0 Å². The zero-order valence-corrected chi connectivity index (χ0v) is 19.7. The Morgan fingerprint density at radius 3 is 1.97 bits per heavy atom. The van der Waals surface area contributed by atoms with E-state index in [1.54, 1.807) is 72.0 Å². The fraction of sp³-hybridized carbons (Fsp3) is 0.682. The van der Waals surface area contributed by atoms with Crippen molar-refractivity contribution in [2.24, 2.45) is 0 Å². The summed E-state index contributed by atoms with van der Waals surface area (Å²) in [4.78, 5) is 35.3. The summed E-state index contributed by atoms with van der Waals surface area (Å²) < 4.78 is 53.2. The maximum Gasteiger partial charge on any atom is 0.509 e. The van der Waals surface area contributed by atoms with Crippen molar-refractivity contribution in [3.63, 3.8) is 0 Å². The number of esters is 1. The molecule has 10 heteroatoms. The first-order valence-corrected chi connectivity index (χ1v) is 10.2. The summed E-state index contributed by atoms with van der Waals surface area (Å²) in [6.45, 7) is 11.6. The van der Waals surface area contributed by atoms with E-state index < -0.39 is 47.6 Å². The molecule has 0 radical (unpaired) electrons. The average molecular weight is 466 g/mol. The zero-order chi connectivity index (χ0) is 25.2. The summed E-state index contributed by atoms with van der Waals surface area (Å²) in [5, 5.41) is 1.66. The highest BCUT2D eigenvalue weighted by atomic mass is 19.4. The van der Waals surface area contributed by atoms with Gasteiger partial charge in [0.2, 0.25) is 0 Å². The maximum absolute atomic E-state index is 12.6. The van der Waals surface area contributed by atoms with Gasteiger partial charge in [-0.1, -0.05) is 18.2 Å². The highest BCUT2D eigenvalue weighted by Gasteiger charge is 2.41. The van der Waals surface area contributed by atoms with Crippen LogP contribution in [0.5, 0.6) is 0 Å². The van der Waals surface area contributed by atoms with E-state index in [1.807, 2.05) is 0 Å². The Hall–Kier alpha value is -2.52. The van der Waals surface area contributed by atoms with Gasteiger partial charge in [-0.2, -0.15) is 13.2 Å². The number of ether oxygens (including phenoxy) is 3. The maximum atomic E-state index is 12.6. The number of nitrogens with one attached hydrogen (secondary N) is 1. The minimum absolute atomic E-state index is 0.196. The third-order valence-electron chi connectivity index (χ3n) is 3.45. The molecule has 0 heterocycles. The van der Waals surface area contributed by atoms with Gasteiger partial charge >= 0.3 is 24.2 Å². The number of amides is 1. The van der Waals surface area contributed by atoms with Crippen molar-refractivity contribution in [2.75, 3.05) is 0 Å². The largest absolute Gasteiger partial charge is 0.509 e. The van der Waals surface area contributed by atoms with Crippen molar-refractivity contribution in [1.29, 1.82) is 0 Å². The van der Waals surface area contributed by atoms with Crippen molar-refractivity contribution < 1.29 is 41.8 Å². The van der Waals surface area contributed by atoms with E-state index in [0.29, 0.717) is 12.8 Å². The lowest BCUT2D eigenvalue weighted by molar-refractivity contribution is -0.177. The van der Waals surface area contributed by atoms with E-state index in [0.717, 1.165) is 0 Å². The lowest BCUT2D eigenvalue weighted by Gasteiger charge is -2.24. The van der Waals surface area contributed by atoms with E-state index in [9.17, 15) is 27.6 Å². The minimum atomic E-state index is -5.12. The Bertz CT molecular complexity index is 687. The number of halogens is 3. The van der Waals surface area contributed by atoms with Crippen LogP contribution in [0.1, 0.15) is 67.7 Å². The molecule has 0 fully saturated rings. The van der Waals surface area contributed by atoms with Crippen LogP contribution >= 0.6 is 0 Å². The van der Waals surface area contributed by atoms with Crippen molar-refractivity contribution in [2.45, 2.75) is 97.3 Å². The van der Waals surface area contributed by atoms with Gasteiger partial charge in [0.25, 0.3) is 0 Å². The van der Waals surface area contributed by atoms with E-state index >= 15 is 0 Å². The van der Waals surface area contributed by atoms with Gasteiger partial charge < -0.3 is 19.5 Å². The molecule has 7 nitrogen and oxygen atoms in total. The normalized spacial score (nSPS) is 14.8. The van der Waals surface area contributed by atoms with Crippen LogP contribution in [-0.2, 0) is 23.8 Å². The molecule has 32 heavy (non-hydrogen) atoms. The van der Waals surface area contributed by atoms with Crippen molar-refractivity contribution >= 4 is 18.0 Å². The summed E-state index contributed by atoms with van der Waals surface area (Å²) >= 11 is 0. The molecule has 0 aliphatic rings. The highest BCUT2D eigenvalue weighted by molar-refractivity contribution is 5.87. The minimum Gasteiger partial charge on any atom is -0.458 e. The number of carbonyl (C=O) groups excluding carboxylic acids is 3.